The van der Waals surface area contributed by atoms with Crippen LogP contribution in [0, 0.1) is 0 Å². The van der Waals surface area contributed by atoms with E-state index < -0.39 is 0 Å². The molecule has 3 nitrogen and oxygen atoms in total. The summed E-state index contributed by atoms with van der Waals surface area (Å²) in [6.45, 7) is 10.7. The average Bonchev–Trinajstić information content (AvgIpc) is 2.80. The number of hydrogen-bond acceptors (Lipinski definition) is 3. The zero-order chi connectivity index (χ0) is 22.3. The molecule has 0 radical (unpaired) electrons. The van der Waals surface area contributed by atoms with Gasteiger partial charge >= 0.3 is 0 Å². The maximum Gasteiger partial charge on any atom is 0.0401 e. The second-order valence-electron chi connectivity index (χ2n) is 7.56. The largest absolute Gasteiger partial charge is 0.381 e. The molecule has 3 heteroatoms. The highest BCUT2D eigenvalue weighted by molar-refractivity contribution is 5.44. The number of rotatable bonds is 12. The first kappa shape index (κ1) is 24.2. The van der Waals surface area contributed by atoms with Gasteiger partial charge in [0.05, 0.1) is 0 Å². The quantitative estimate of drug-likeness (QED) is 0.347. The molecule has 0 aliphatic rings. The summed E-state index contributed by atoms with van der Waals surface area (Å²) in [6, 6.07) is 17.5. The Morgan fingerprint density at radius 2 is 1.52 bits per heavy atom. The molecular formula is C28H37N3. The summed E-state index contributed by atoms with van der Waals surface area (Å²) >= 11 is 0. The molecular weight excluding hydrogens is 378 g/mol. The van der Waals surface area contributed by atoms with E-state index >= 15 is 0 Å². The molecule has 0 saturated carbocycles. The van der Waals surface area contributed by atoms with Crippen molar-refractivity contribution < 1.29 is 0 Å². The van der Waals surface area contributed by atoms with Crippen molar-refractivity contribution in [3.05, 3.63) is 113 Å². The van der Waals surface area contributed by atoms with Gasteiger partial charge in [0.1, 0.15) is 0 Å². The van der Waals surface area contributed by atoms with Crippen LogP contribution in [0.15, 0.2) is 96.8 Å². The van der Waals surface area contributed by atoms with Gasteiger partial charge < -0.3 is 16.0 Å². The summed E-state index contributed by atoms with van der Waals surface area (Å²) in [4.78, 5) is 0. The first-order valence-corrected chi connectivity index (χ1v) is 11.1. The normalized spacial score (nSPS) is 13.4. The van der Waals surface area contributed by atoms with Gasteiger partial charge in [-0.05, 0) is 62.6 Å². The lowest BCUT2D eigenvalue weighted by molar-refractivity contribution is 0.632. The van der Waals surface area contributed by atoms with E-state index in [1.54, 1.807) is 0 Å². The van der Waals surface area contributed by atoms with Crippen molar-refractivity contribution in [3.8, 4) is 0 Å². The van der Waals surface area contributed by atoms with Gasteiger partial charge in [0.25, 0.3) is 0 Å². The first-order valence-electron chi connectivity index (χ1n) is 11.1. The number of benzene rings is 2. The van der Waals surface area contributed by atoms with Gasteiger partial charge in [-0.1, -0.05) is 72.9 Å². The van der Waals surface area contributed by atoms with Crippen molar-refractivity contribution in [1.82, 2.24) is 10.6 Å². The Morgan fingerprint density at radius 1 is 0.839 bits per heavy atom. The smallest absolute Gasteiger partial charge is 0.0401 e. The maximum absolute atomic E-state index is 3.60. The molecule has 0 fully saturated rings. The molecule has 3 N–H and O–H groups in total. The molecule has 164 valence electrons. The molecule has 0 amide bonds. The second-order valence-corrected chi connectivity index (χ2v) is 7.56. The van der Waals surface area contributed by atoms with Crippen LogP contribution in [-0.2, 0) is 19.6 Å². The third kappa shape index (κ3) is 9.54. The van der Waals surface area contributed by atoms with Crippen LogP contribution in [0.1, 0.15) is 44.4 Å². The minimum absolute atomic E-state index is 0.313. The summed E-state index contributed by atoms with van der Waals surface area (Å²) in [6.07, 6.45) is 14.6. The summed E-state index contributed by atoms with van der Waals surface area (Å²) < 4.78 is 0. The van der Waals surface area contributed by atoms with Crippen LogP contribution in [-0.4, -0.2) is 6.04 Å². The van der Waals surface area contributed by atoms with Crippen LogP contribution >= 0.6 is 0 Å². The van der Waals surface area contributed by atoms with Gasteiger partial charge in [-0.15, -0.1) is 0 Å². The summed E-state index contributed by atoms with van der Waals surface area (Å²) in [5, 5.41) is 10.7. The van der Waals surface area contributed by atoms with Gasteiger partial charge in [0.2, 0.25) is 0 Å². The highest BCUT2D eigenvalue weighted by Crippen LogP contribution is 2.14. The SMILES string of the molecule is C/C=C\C=C/C(C)NCc1cc(CNC(/C=C\C)=C/C)cc(CNc2ccccc2)c1. The van der Waals surface area contributed by atoms with E-state index in [1.807, 2.05) is 26.0 Å². The van der Waals surface area contributed by atoms with Crippen molar-refractivity contribution in [3.63, 3.8) is 0 Å². The van der Waals surface area contributed by atoms with Gasteiger partial charge in [-0.25, -0.2) is 0 Å². The van der Waals surface area contributed by atoms with Crippen molar-refractivity contribution in [2.75, 3.05) is 5.32 Å². The lowest BCUT2D eigenvalue weighted by Crippen LogP contribution is -2.23. The minimum atomic E-state index is 0.313. The van der Waals surface area contributed by atoms with E-state index in [1.165, 1.54) is 16.7 Å². The van der Waals surface area contributed by atoms with Crippen LogP contribution in [0.2, 0.25) is 0 Å². The van der Waals surface area contributed by atoms with Crippen molar-refractivity contribution in [2.24, 2.45) is 0 Å². The lowest BCUT2D eigenvalue weighted by atomic mass is 10.0. The number of para-hydroxylation sites is 1. The molecule has 0 aliphatic carbocycles. The Balaban J connectivity index is 2.11. The number of allylic oxidation sites excluding steroid dienone is 6. The minimum Gasteiger partial charge on any atom is -0.381 e. The summed E-state index contributed by atoms with van der Waals surface area (Å²) in [7, 11) is 0. The van der Waals surface area contributed by atoms with Crippen LogP contribution < -0.4 is 16.0 Å². The average molecular weight is 416 g/mol. The fourth-order valence-corrected chi connectivity index (χ4v) is 3.24. The van der Waals surface area contributed by atoms with Gasteiger partial charge in [-0.3, -0.25) is 0 Å². The highest BCUT2D eigenvalue weighted by Gasteiger charge is 2.04. The van der Waals surface area contributed by atoms with Crippen LogP contribution in [0.4, 0.5) is 5.69 Å². The molecule has 0 heterocycles. The van der Waals surface area contributed by atoms with E-state index in [4.69, 9.17) is 0 Å². The summed E-state index contributed by atoms with van der Waals surface area (Å²) in [5.74, 6) is 0. The molecule has 2 rings (SSSR count). The van der Waals surface area contributed by atoms with E-state index in [2.05, 4.69) is 109 Å². The van der Waals surface area contributed by atoms with Gasteiger partial charge in [-0.2, -0.15) is 0 Å². The number of nitrogens with one attached hydrogen (secondary N) is 3. The van der Waals surface area contributed by atoms with Crippen molar-refractivity contribution >= 4 is 5.69 Å². The Bertz CT molecular complexity index is 892. The second kappa shape index (κ2) is 14.1. The molecule has 2 aromatic rings. The first-order chi connectivity index (χ1) is 15.1. The molecule has 0 aliphatic heterocycles. The summed E-state index contributed by atoms with van der Waals surface area (Å²) in [5.41, 5.74) is 6.13. The van der Waals surface area contributed by atoms with E-state index in [0.29, 0.717) is 6.04 Å². The topological polar surface area (TPSA) is 36.1 Å². The lowest BCUT2D eigenvalue weighted by Gasteiger charge is -2.15. The molecule has 31 heavy (non-hydrogen) atoms. The standard InChI is InChI=1S/C28H37N3/c1-5-8-10-14-23(4)29-20-24-17-25(21-30-27(7-3)13-6-2)19-26(18-24)22-31-28-15-11-9-12-16-28/h5-19,23,29-31H,20-22H2,1-4H3/b8-5-,13-6-,14-10-,27-7+. The molecule has 0 aromatic heterocycles. The Kier molecular flexibility index (Phi) is 11.0. The molecule has 0 bridgehead atoms. The van der Waals surface area contributed by atoms with Gasteiger partial charge in [0, 0.05) is 37.1 Å². The fraction of sp³-hybridized carbons (Fsp3) is 0.286. The zero-order valence-electron chi connectivity index (χ0n) is 19.4. The van der Waals surface area contributed by atoms with E-state index in [0.717, 1.165) is 31.0 Å². The van der Waals surface area contributed by atoms with E-state index in [9.17, 15) is 0 Å². The molecule has 2 aromatic carbocycles. The third-order valence-corrected chi connectivity index (χ3v) is 4.87. The molecule has 1 atom stereocenters. The predicted octanol–water partition coefficient (Wildman–Crippen LogP) is 6.48. The molecule has 1 unspecified atom stereocenters. The van der Waals surface area contributed by atoms with Crippen molar-refractivity contribution in [1.29, 1.82) is 0 Å². The molecule has 0 saturated heterocycles. The number of anilines is 1. The predicted molar refractivity (Wildman–Crippen MR) is 136 cm³/mol. The zero-order valence-corrected chi connectivity index (χ0v) is 19.4. The highest BCUT2D eigenvalue weighted by atomic mass is 14.9. The Morgan fingerprint density at radius 3 is 2.16 bits per heavy atom. The van der Waals surface area contributed by atoms with Crippen LogP contribution in [0.5, 0.6) is 0 Å². The maximum atomic E-state index is 3.60. The Labute approximate surface area is 188 Å². The van der Waals surface area contributed by atoms with Crippen molar-refractivity contribution in [2.45, 2.75) is 53.4 Å². The van der Waals surface area contributed by atoms with Crippen LogP contribution in [0.3, 0.4) is 0 Å². The number of hydrogen-bond donors (Lipinski definition) is 3. The Hall–Kier alpha value is -3.04. The fourth-order valence-electron chi connectivity index (χ4n) is 3.24. The third-order valence-electron chi connectivity index (χ3n) is 4.87. The monoisotopic (exact) mass is 415 g/mol. The van der Waals surface area contributed by atoms with Crippen LogP contribution in [0.25, 0.3) is 0 Å². The molecule has 0 spiro atoms. The van der Waals surface area contributed by atoms with Gasteiger partial charge in [0.15, 0.2) is 0 Å². The van der Waals surface area contributed by atoms with E-state index in [-0.39, 0.29) is 0 Å².